The lowest BCUT2D eigenvalue weighted by atomic mass is 10.00. The van der Waals surface area contributed by atoms with Crippen molar-refractivity contribution in [3.8, 4) is 28.7 Å². The monoisotopic (exact) mass is 446 g/mol. The third-order valence-electron chi connectivity index (χ3n) is 6.13. The first-order valence-electron chi connectivity index (χ1n) is 12.6. The first-order chi connectivity index (χ1) is 16.7. The molecule has 0 aliphatic carbocycles. The van der Waals surface area contributed by atoms with E-state index in [9.17, 15) is 0 Å². The molecule has 4 rings (SSSR count). The van der Waals surface area contributed by atoms with Crippen LogP contribution in [0.2, 0.25) is 0 Å². The molecule has 0 fully saturated rings. The van der Waals surface area contributed by atoms with Crippen molar-refractivity contribution in [3.63, 3.8) is 0 Å². The molecule has 0 saturated carbocycles. The van der Waals surface area contributed by atoms with Crippen LogP contribution in [0.3, 0.4) is 0 Å². The molecular weight excluding hydrogens is 412 g/mol. The van der Waals surface area contributed by atoms with Gasteiger partial charge in [0.05, 0.1) is 6.61 Å². The Balaban J connectivity index is 1.40. The molecule has 0 saturated heterocycles. The number of fused-ring (bicyclic) bond motifs is 1. The van der Waals surface area contributed by atoms with Crippen LogP contribution < -0.4 is 4.74 Å². The summed E-state index contributed by atoms with van der Waals surface area (Å²) < 4.78 is 5.74. The Morgan fingerprint density at radius 2 is 1.24 bits per heavy atom. The van der Waals surface area contributed by atoms with Gasteiger partial charge in [-0.05, 0) is 83.1 Å². The van der Waals surface area contributed by atoms with E-state index in [1.54, 1.807) is 0 Å². The molecule has 0 spiro atoms. The SMILES string of the molecule is CCCCCCc1ccc(-c2ccc(C#Cc3ccc4cc(OCCC)ccc4c3)cc2)cc1. The van der Waals surface area contributed by atoms with Gasteiger partial charge in [0.25, 0.3) is 0 Å². The lowest BCUT2D eigenvalue weighted by Gasteiger charge is -2.06. The molecule has 172 valence electrons. The van der Waals surface area contributed by atoms with Gasteiger partial charge in [-0.25, -0.2) is 0 Å². The van der Waals surface area contributed by atoms with E-state index in [1.165, 1.54) is 59.6 Å². The number of hydrogen-bond donors (Lipinski definition) is 0. The van der Waals surface area contributed by atoms with E-state index in [4.69, 9.17) is 4.74 Å². The third kappa shape index (κ3) is 6.52. The molecule has 0 atom stereocenters. The number of ether oxygens (including phenoxy) is 1. The molecule has 34 heavy (non-hydrogen) atoms. The molecule has 0 unspecified atom stereocenters. The molecule has 4 aromatic carbocycles. The van der Waals surface area contributed by atoms with Crippen LogP contribution >= 0.6 is 0 Å². The molecule has 0 heterocycles. The Hall–Kier alpha value is -3.50. The molecular formula is C33H34O. The quantitative estimate of drug-likeness (QED) is 0.184. The summed E-state index contributed by atoms with van der Waals surface area (Å²) in [6, 6.07) is 30.2. The van der Waals surface area contributed by atoms with E-state index in [-0.39, 0.29) is 0 Å². The summed E-state index contributed by atoms with van der Waals surface area (Å²) in [5.41, 5.74) is 5.97. The normalized spacial score (nSPS) is 10.6. The lowest BCUT2D eigenvalue weighted by molar-refractivity contribution is 0.318. The fraction of sp³-hybridized carbons (Fsp3) is 0.273. The van der Waals surface area contributed by atoms with E-state index in [2.05, 4.69) is 105 Å². The van der Waals surface area contributed by atoms with E-state index >= 15 is 0 Å². The third-order valence-corrected chi connectivity index (χ3v) is 6.13. The lowest BCUT2D eigenvalue weighted by Crippen LogP contribution is -1.94. The Kier molecular flexibility index (Phi) is 8.42. The predicted octanol–water partition coefficient (Wildman–Crippen LogP) is 8.82. The predicted molar refractivity (Wildman–Crippen MR) is 145 cm³/mol. The molecule has 0 aromatic heterocycles. The van der Waals surface area contributed by atoms with Crippen molar-refractivity contribution < 1.29 is 4.74 Å². The van der Waals surface area contributed by atoms with Crippen molar-refractivity contribution in [2.75, 3.05) is 6.61 Å². The van der Waals surface area contributed by atoms with E-state index in [0.29, 0.717) is 0 Å². The highest BCUT2D eigenvalue weighted by Crippen LogP contribution is 2.23. The second-order valence-electron chi connectivity index (χ2n) is 8.91. The van der Waals surface area contributed by atoms with Crippen molar-refractivity contribution in [1.29, 1.82) is 0 Å². The van der Waals surface area contributed by atoms with Crippen molar-refractivity contribution in [1.82, 2.24) is 0 Å². The van der Waals surface area contributed by atoms with Gasteiger partial charge in [0, 0.05) is 11.1 Å². The van der Waals surface area contributed by atoms with Crippen LogP contribution in [0, 0.1) is 11.8 Å². The van der Waals surface area contributed by atoms with Gasteiger partial charge in [0.15, 0.2) is 0 Å². The Labute approximate surface area is 204 Å². The largest absolute Gasteiger partial charge is 0.494 e. The smallest absolute Gasteiger partial charge is 0.119 e. The highest BCUT2D eigenvalue weighted by molar-refractivity contribution is 5.85. The molecule has 1 heteroatoms. The summed E-state index contributed by atoms with van der Waals surface area (Å²) in [5.74, 6) is 7.55. The van der Waals surface area contributed by atoms with Gasteiger partial charge in [-0.2, -0.15) is 0 Å². The molecule has 0 amide bonds. The Bertz CT molecular complexity index is 1250. The zero-order valence-electron chi connectivity index (χ0n) is 20.4. The fourth-order valence-electron chi connectivity index (χ4n) is 4.12. The number of rotatable bonds is 9. The average molecular weight is 447 g/mol. The van der Waals surface area contributed by atoms with Crippen LogP contribution in [0.1, 0.15) is 62.6 Å². The molecule has 0 bridgehead atoms. The Morgan fingerprint density at radius 1 is 0.588 bits per heavy atom. The van der Waals surface area contributed by atoms with Crippen molar-refractivity contribution in [2.45, 2.75) is 52.4 Å². The minimum Gasteiger partial charge on any atom is -0.494 e. The summed E-state index contributed by atoms with van der Waals surface area (Å²) in [6.45, 7) is 5.12. The molecule has 0 aliphatic rings. The van der Waals surface area contributed by atoms with E-state index in [0.717, 1.165) is 29.9 Å². The van der Waals surface area contributed by atoms with Crippen LogP contribution in [0.5, 0.6) is 5.75 Å². The van der Waals surface area contributed by atoms with Gasteiger partial charge < -0.3 is 4.74 Å². The highest BCUT2D eigenvalue weighted by atomic mass is 16.5. The number of benzene rings is 4. The summed E-state index contributed by atoms with van der Waals surface area (Å²) in [7, 11) is 0. The fourth-order valence-corrected chi connectivity index (χ4v) is 4.12. The summed E-state index contributed by atoms with van der Waals surface area (Å²) in [4.78, 5) is 0. The zero-order valence-corrected chi connectivity index (χ0v) is 20.4. The van der Waals surface area contributed by atoms with Crippen LogP contribution in [-0.2, 0) is 6.42 Å². The standard InChI is InChI=1S/C33H34O/c1-3-5-6-7-8-26-11-16-29(17-12-26)30-18-13-27(14-19-30)9-10-28-15-20-32-25-33(34-23-4-2)22-21-31(32)24-28/h11-22,24-25H,3-8,23H2,1-2H3. The van der Waals surface area contributed by atoms with Gasteiger partial charge in [0.1, 0.15) is 5.75 Å². The van der Waals surface area contributed by atoms with Crippen molar-refractivity contribution in [3.05, 3.63) is 102 Å². The highest BCUT2D eigenvalue weighted by Gasteiger charge is 2.01. The molecule has 0 N–H and O–H groups in total. The maximum absolute atomic E-state index is 5.74. The second-order valence-corrected chi connectivity index (χ2v) is 8.91. The second kappa shape index (κ2) is 12.1. The van der Waals surface area contributed by atoms with Gasteiger partial charge >= 0.3 is 0 Å². The maximum atomic E-state index is 5.74. The first kappa shape index (κ1) is 23.7. The number of unbranched alkanes of at least 4 members (excludes halogenated alkanes) is 3. The van der Waals surface area contributed by atoms with Gasteiger partial charge in [-0.3, -0.25) is 0 Å². The zero-order chi connectivity index (χ0) is 23.6. The summed E-state index contributed by atoms with van der Waals surface area (Å²) in [5, 5.41) is 2.36. The van der Waals surface area contributed by atoms with Gasteiger partial charge in [-0.1, -0.05) is 93.5 Å². The Morgan fingerprint density at radius 3 is 1.97 bits per heavy atom. The van der Waals surface area contributed by atoms with Crippen molar-refractivity contribution >= 4 is 10.8 Å². The summed E-state index contributed by atoms with van der Waals surface area (Å²) >= 11 is 0. The van der Waals surface area contributed by atoms with Crippen LogP contribution in [0.25, 0.3) is 21.9 Å². The maximum Gasteiger partial charge on any atom is 0.119 e. The van der Waals surface area contributed by atoms with Crippen LogP contribution in [-0.4, -0.2) is 6.61 Å². The summed E-state index contributed by atoms with van der Waals surface area (Å²) in [6.07, 6.45) is 7.43. The van der Waals surface area contributed by atoms with Gasteiger partial charge in [0.2, 0.25) is 0 Å². The van der Waals surface area contributed by atoms with Crippen molar-refractivity contribution in [2.24, 2.45) is 0 Å². The number of aryl methyl sites for hydroxylation is 1. The van der Waals surface area contributed by atoms with E-state index in [1.807, 2.05) is 6.07 Å². The topological polar surface area (TPSA) is 9.23 Å². The molecule has 0 aliphatic heterocycles. The molecule has 0 radical (unpaired) electrons. The van der Waals surface area contributed by atoms with Crippen LogP contribution in [0.15, 0.2) is 84.9 Å². The first-order valence-corrected chi connectivity index (χ1v) is 12.6. The van der Waals surface area contributed by atoms with E-state index < -0.39 is 0 Å². The van der Waals surface area contributed by atoms with Gasteiger partial charge in [-0.15, -0.1) is 0 Å². The average Bonchev–Trinajstić information content (AvgIpc) is 2.89. The minimum atomic E-state index is 0.748. The molecule has 1 nitrogen and oxygen atoms in total. The number of hydrogen-bond acceptors (Lipinski definition) is 1. The minimum absolute atomic E-state index is 0.748. The van der Waals surface area contributed by atoms with Crippen LogP contribution in [0.4, 0.5) is 0 Å². The molecule has 4 aromatic rings.